The molecule has 0 saturated carbocycles. The fraction of sp³-hybridized carbons (Fsp3) is 0.378. The van der Waals surface area contributed by atoms with Crippen LogP contribution >= 0.6 is 0 Å². The number of aliphatic hydroxyl groups is 1. The quantitative estimate of drug-likeness (QED) is 0.132. The number of carbonyl (C=O) groups excluding carboxylic acids is 2. The second-order valence-electron chi connectivity index (χ2n) is 12.3. The first-order chi connectivity index (χ1) is 22.4. The van der Waals surface area contributed by atoms with Crippen molar-refractivity contribution >= 4 is 21.6 Å². The molecule has 9 nitrogen and oxygen atoms in total. The van der Waals surface area contributed by atoms with Crippen LogP contribution in [0, 0.1) is 25.7 Å². The molecule has 0 aliphatic carbocycles. The zero-order valence-corrected chi connectivity index (χ0v) is 28.5. The summed E-state index contributed by atoms with van der Waals surface area (Å²) in [7, 11) is -2.45. The molecule has 0 saturated heterocycles. The van der Waals surface area contributed by atoms with Gasteiger partial charge in [-0.1, -0.05) is 62.4 Å². The van der Waals surface area contributed by atoms with Crippen molar-refractivity contribution in [3.05, 3.63) is 113 Å². The van der Waals surface area contributed by atoms with Crippen LogP contribution < -0.4 is 4.74 Å². The molecule has 1 aromatic heterocycles. The molecule has 0 radical (unpaired) electrons. The number of ketones is 2. The fourth-order valence-corrected chi connectivity index (χ4v) is 7.21. The molecule has 10 heteroatoms. The van der Waals surface area contributed by atoms with E-state index in [1.165, 1.54) is 23.5 Å². The van der Waals surface area contributed by atoms with Gasteiger partial charge in [-0.25, -0.2) is 13.4 Å². The number of hydrogen-bond acceptors (Lipinski definition) is 8. The first kappa shape index (κ1) is 35.7. The van der Waals surface area contributed by atoms with E-state index in [4.69, 9.17) is 9.15 Å². The van der Waals surface area contributed by atoms with E-state index in [0.29, 0.717) is 41.4 Å². The summed E-state index contributed by atoms with van der Waals surface area (Å²) in [5, 5.41) is 11.6. The highest BCUT2D eigenvalue weighted by molar-refractivity contribution is 7.89. The second-order valence-corrected chi connectivity index (χ2v) is 14.2. The number of benzene rings is 3. The minimum Gasteiger partial charge on any atom is -0.497 e. The number of methoxy groups -OCH3 is 1. The van der Waals surface area contributed by atoms with Crippen LogP contribution in [0.3, 0.4) is 0 Å². The van der Waals surface area contributed by atoms with Crippen LogP contribution in [0.15, 0.2) is 88.2 Å². The number of aryl methyl sites for hydroxylation is 3. The molecule has 4 rings (SSSR count). The van der Waals surface area contributed by atoms with Crippen LogP contribution in [0.2, 0.25) is 0 Å². The minimum absolute atomic E-state index is 0.0123. The van der Waals surface area contributed by atoms with Crippen molar-refractivity contribution < 1.29 is 32.3 Å². The lowest BCUT2D eigenvalue weighted by Crippen LogP contribution is -2.43. The van der Waals surface area contributed by atoms with E-state index >= 15 is 0 Å². The summed E-state index contributed by atoms with van der Waals surface area (Å²) in [4.78, 5) is 31.1. The fourth-order valence-electron chi connectivity index (χ4n) is 5.59. The monoisotopic (exact) mass is 660 g/mol. The smallest absolute Gasteiger partial charge is 0.243 e. The van der Waals surface area contributed by atoms with Crippen LogP contribution in [0.25, 0.3) is 0 Å². The van der Waals surface area contributed by atoms with Crippen molar-refractivity contribution in [3.63, 3.8) is 0 Å². The molecule has 0 fully saturated rings. The Morgan fingerprint density at radius 3 is 2.17 bits per heavy atom. The SMILES string of the molecule is COc1ccc(S(=O)(=O)N(CC(C)C)C[C@@H](O)[C@@H](CC(=O)c2cccc(C(=O)CCc3oc(C)nc3C)c2)Cc2ccccc2)cc1. The summed E-state index contributed by atoms with van der Waals surface area (Å²) in [6, 6.07) is 22.3. The lowest BCUT2D eigenvalue weighted by Gasteiger charge is -2.30. The van der Waals surface area contributed by atoms with Crippen molar-refractivity contribution in [1.29, 1.82) is 0 Å². The van der Waals surface area contributed by atoms with E-state index in [2.05, 4.69) is 4.98 Å². The maximum absolute atomic E-state index is 13.8. The van der Waals surface area contributed by atoms with E-state index in [0.717, 1.165) is 11.3 Å². The Labute approximate surface area is 277 Å². The highest BCUT2D eigenvalue weighted by atomic mass is 32.2. The molecule has 2 atom stereocenters. The highest BCUT2D eigenvalue weighted by Crippen LogP contribution is 2.25. The van der Waals surface area contributed by atoms with Crippen molar-refractivity contribution in [2.75, 3.05) is 20.2 Å². The summed E-state index contributed by atoms with van der Waals surface area (Å²) in [6.07, 6.45) is -0.217. The highest BCUT2D eigenvalue weighted by Gasteiger charge is 2.32. The summed E-state index contributed by atoms with van der Waals surface area (Å²) in [6.45, 7) is 7.43. The lowest BCUT2D eigenvalue weighted by atomic mass is 9.87. The summed E-state index contributed by atoms with van der Waals surface area (Å²) in [5.41, 5.74) is 2.45. The number of Topliss-reactive ketones (excluding diaryl/α,β-unsaturated/α-hetero) is 2. The molecule has 1 heterocycles. The Bertz CT molecular complexity index is 1750. The third-order valence-corrected chi connectivity index (χ3v) is 9.92. The molecule has 0 bridgehead atoms. The van der Waals surface area contributed by atoms with Gasteiger partial charge < -0.3 is 14.3 Å². The van der Waals surface area contributed by atoms with E-state index in [-0.39, 0.29) is 48.3 Å². The standard InChI is InChI=1S/C37H44N2O7S/c1-25(2)23-39(47(43,44)33-16-14-32(45-5)15-17-33)24-36(42)31(20-28-10-7-6-8-11-28)22-35(41)30-13-9-12-29(21-30)34(40)18-19-37-26(3)38-27(4)46-37/h6-17,21,25,31,36,42H,18-20,22-24H2,1-5H3/t31-,36-/m1/s1. The van der Waals surface area contributed by atoms with Crippen LogP contribution in [0.1, 0.15) is 70.3 Å². The molecule has 1 N–H and O–H groups in total. The zero-order chi connectivity index (χ0) is 34.1. The van der Waals surface area contributed by atoms with Gasteiger partial charge in [0.25, 0.3) is 0 Å². The average molecular weight is 661 g/mol. The first-order valence-corrected chi connectivity index (χ1v) is 17.3. The number of oxazole rings is 1. The van der Waals surface area contributed by atoms with E-state index in [1.54, 1.807) is 43.3 Å². The van der Waals surface area contributed by atoms with Crippen LogP contribution in [-0.2, 0) is 22.9 Å². The maximum Gasteiger partial charge on any atom is 0.243 e. The van der Waals surface area contributed by atoms with Gasteiger partial charge in [0.05, 0.1) is 23.8 Å². The van der Waals surface area contributed by atoms with Crippen molar-refractivity contribution in [3.8, 4) is 5.75 Å². The Hall–Kier alpha value is -4.12. The van der Waals surface area contributed by atoms with Gasteiger partial charge in [-0.3, -0.25) is 9.59 Å². The molecule has 47 heavy (non-hydrogen) atoms. The van der Waals surface area contributed by atoms with Crippen LogP contribution in [0.5, 0.6) is 5.75 Å². The lowest BCUT2D eigenvalue weighted by molar-refractivity contribution is 0.0689. The Morgan fingerprint density at radius 1 is 0.915 bits per heavy atom. The molecule has 0 aliphatic heterocycles. The third-order valence-electron chi connectivity index (χ3n) is 8.07. The number of aliphatic hydroxyl groups excluding tert-OH is 1. The van der Waals surface area contributed by atoms with Gasteiger partial charge in [0.1, 0.15) is 11.5 Å². The van der Waals surface area contributed by atoms with Gasteiger partial charge in [0, 0.05) is 50.4 Å². The summed E-state index contributed by atoms with van der Waals surface area (Å²) < 4.78 is 39.6. The van der Waals surface area contributed by atoms with E-state index < -0.39 is 22.0 Å². The van der Waals surface area contributed by atoms with Gasteiger partial charge in [-0.05, 0) is 61.1 Å². The summed E-state index contributed by atoms with van der Waals surface area (Å²) in [5.74, 6) is 0.782. The molecule has 0 aliphatic rings. The first-order valence-electron chi connectivity index (χ1n) is 15.8. The maximum atomic E-state index is 13.8. The number of ether oxygens (including phenoxy) is 1. The molecule has 0 spiro atoms. The molecular weight excluding hydrogens is 616 g/mol. The topological polar surface area (TPSA) is 127 Å². The number of hydrogen-bond donors (Lipinski definition) is 1. The van der Waals surface area contributed by atoms with E-state index in [1.807, 2.05) is 51.1 Å². The van der Waals surface area contributed by atoms with Gasteiger partial charge in [0.15, 0.2) is 17.5 Å². The van der Waals surface area contributed by atoms with Crippen molar-refractivity contribution in [1.82, 2.24) is 9.29 Å². The Balaban J connectivity index is 1.54. The van der Waals surface area contributed by atoms with Gasteiger partial charge in [-0.15, -0.1) is 0 Å². The Kier molecular flexibility index (Phi) is 12.3. The normalized spacial score (nSPS) is 13.1. The third kappa shape index (κ3) is 9.70. The van der Waals surface area contributed by atoms with E-state index in [9.17, 15) is 23.1 Å². The van der Waals surface area contributed by atoms with Gasteiger partial charge >= 0.3 is 0 Å². The Morgan fingerprint density at radius 2 is 1.57 bits per heavy atom. The predicted molar refractivity (Wildman–Crippen MR) is 180 cm³/mol. The predicted octanol–water partition coefficient (Wildman–Crippen LogP) is 6.26. The average Bonchev–Trinajstić information content (AvgIpc) is 3.39. The summed E-state index contributed by atoms with van der Waals surface area (Å²) >= 11 is 0. The number of carbonyl (C=O) groups is 2. The second kappa shape index (κ2) is 16.1. The number of sulfonamides is 1. The molecule has 4 aromatic rings. The van der Waals surface area contributed by atoms with Gasteiger partial charge in [0.2, 0.25) is 10.0 Å². The zero-order valence-electron chi connectivity index (χ0n) is 27.7. The van der Waals surface area contributed by atoms with Crippen LogP contribution in [-0.4, -0.2) is 60.7 Å². The molecule has 0 amide bonds. The van der Waals surface area contributed by atoms with Crippen molar-refractivity contribution in [2.45, 2.75) is 64.4 Å². The molecule has 0 unspecified atom stereocenters. The molecule has 3 aromatic carbocycles. The van der Waals surface area contributed by atoms with Crippen molar-refractivity contribution in [2.24, 2.45) is 11.8 Å². The molecule has 250 valence electrons. The minimum atomic E-state index is -3.96. The number of nitrogens with zero attached hydrogens (tertiary/aromatic N) is 2. The number of rotatable bonds is 17. The molecular formula is C37H44N2O7S. The van der Waals surface area contributed by atoms with Gasteiger partial charge in [-0.2, -0.15) is 4.31 Å². The number of aromatic nitrogens is 1. The van der Waals surface area contributed by atoms with Crippen LogP contribution in [0.4, 0.5) is 0 Å². The largest absolute Gasteiger partial charge is 0.497 e.